The second-order valence-electron chi connectivity index (χ2n) is 3.66. The minimum atomic E-state index is 0.109. The molecule has 84 valence electrons. The van der Waals surface area contributed by atoms with Gasteiger partial charge in [0.25, 0.3) is 0 Å². The first-order valence-electron chi connectivity index (χ1n) is 5.42. The number of ether oxygens (including phenoxy) is 2. The molecule has 0 radical (unpaired) electrons. The molecule has 0 amide bonds. The van der Waals surface area contributed by atoms with Gasteiger partial charge in [0.15, 0.2) is 11.5 Å². The molecule has 16 heavy (non-hydrogen) atoms. The van der Waals surface area contributed by atoms with Gasteiger partial charge in [-0.2, -0.15) is 0 Å². The van der Waals surface area contributed by atoms with Gasteiger partial charge in [-0.05, 0) is 12.5 Å². The fourth-order valence-corrected chi connectivity index (χ4v) is 1.68. The molecule has 0 saturated heterocycles. The second-order valence-corrected chi connectivity index (χ2v) is 3.66. The highest BCUT2D eigenvalue weighted by Crippen LogP contribution is 2.35. The molecular weight excluding hydrogens is 202 g/mol. The Morgan fingerprint density at radius 2 is 2.38 bits per heavy atom. The van der Waals surface area contributed by atoms with E-state index < -0.39 is 0 Å². The van der Waals surface area contributed by atoms with E-state index in [0.29, 0.717) is 13.3 Å². The molecule has 0 aromatic heterocycles. The summed E-state index contributed by atoms with van der Waals surface area (Å²) in [6, 6.07) is 5.99. The SMILES string of the molecule is C#CC(CC)NCc1cccc2c1OCO2. The first-order chi connectivity index (χ1) is 7.85. The maximum absolute atomic E-state index is 5.42. The lowest BCUT2D eigenvalue weighted by atomic mass is 10.1. The summed E-state index contributed by atoms with van der Waals surface area (Å²) in [5.41, 5.74) is 1.09. The van der Waals surface area contributed by atoms with Crippen molar-refractivity contribution in [1.82, 2.24) is 5.32 Å². The lowest BCUT2D eigenvalue weighted by Crippen LogP contribution is -2.26. The van der Waals surface area contributed by atoms with Crippen molar-refractivity contribution in [1.29, 1.82) is 0 Å². The van der Waals surface area contributed by atoms with Gasteiger partial charge in [0.1, 0.15) is 0 Å². The first kappa shape index (κ1) is 10.8. The summed E-state index contributed by atoms with van der Waals surface area (Å²) in [5.74, 6) is 4.35. The van der Waals surface area contributed by atoms with Crippen LogP contribution in [0.2, 0.25) is 0 Å². The Bertz CT molecular complexity index is 409. The quantitative estimate of drug-likeness (QED) is 0.781. The molecule has 1 aliphatic heterocycles. The van der Waals surface area contributed by atoms with Crippen LogP contribution >= 0.6 is 0 Å². The van der Waals surface area contributed by atoms with E-state index in [0.717, 1.165) is 23.5 Å². The van der Waals surface area contributed by atoms with E-state index in [-0.39, 0.29) is 6.04 Å². The summed E-state index contributed by atoms with van der Waals surface area (Å²) in [7, 11) is 0. The molecule has 1 aromatic carbocycles. The van der Waals surface area contributed by atoms with Gasteiger partial charge in [-0.15, -0.1) is 6.42 Å². The molecule has 0 fully saturated rings. The van der Waals surface area contributed by atoms with Crippen LogP contribution < -0.4 is 14.8 Å². The van der Waals surface area contributed by atoms with Crippen molar-refractivity contribution in [3.63, 3.8) is 0 Å². The molecule has 1 unspecified atom stereocenters. The molecule has 2 rings (SSSR count). The van der Waals surface area contributed by atoms with Gasteiger partial charge < -0.3 is 9.47 Å². The van der Waals surface area contributed by atoms with Gasteiger partial charge >= 0.3 is 0 Å². The van der Waals surface area contributed by atoms with Gasteiger partial charge in [-0.1, -0.05) is 25.0 Å². The Kier molecular flexibility index (Phi) is 3.33. The Hall–Kier alpha value is -1.66. The zero-order valence-corrected chi connectivity index (χ0v) is 9.32. The lowest BCUT2D eigenvalue weighted by molar-refractivity contribution is 0.173. The van der Waals surface area contributed by atoms with Gasteiger partial charge in [0.2, 0.25) is 6.79 Å². The zero-order valence-electron chi connectivity index (χ0n) is 9.32. The predicted octanol–water partition coefficient (Wildman–Crippen LogP) is 1.92. The Balaban J connectivity index is 2.06. The molecule has 1 atom stereocenters. The molecule has 1 aliphatic rings. The number of terminal acetylenes is 1. The largest absolute Gasteiger partial charge is 0.454 e. The lowest BCUT2D eigenvalue weighted by Gasteiger charge is -2.11. The summed E-state index contributed by atoms with van der Waals surface area (Å²) < 4.78 is 10.7. The minimum Gasteiger partial charge on any atom is -0.454 e. The van der Waals surface area contributed by atoms with Crippen molar-refractivity contribution in [2.45, 2.75) is 25.9 Å². The maximum atomic E-state index is 5.42. The van der Waals surface area contributed by atoms with Gasteiger partial charge in [0.05, 0.1) is 6.04 Å². The summed E-state index contributed by atoms with van der Waals surface area (Å²) in [4.78, 5) is 0. The summed E-state index contributed by atoms with van der Waals surface area (Å²) in [6.45, 7) is 3.07. The number of para-hydroxylation sites is 1. The second kappa shape index (κ2) is 4.91. The van der Waals surface area contributed by atoms with E-state index in [2.05, 4.69) is 18.2 Å². The number of fused-ring (bicyclic) bond motifs is 1. The normalized spacial score (nSPS) is 14.5. The van der Waals surface area contributed by atoms with Crippen LogP contribution in [0.25, 0.3) is 0 Å². The Morgan fingerprint density at radius 3 is 3.12 bits per heavy atom. The van der Waals surface area contributed by atoms with E-state index in [9.17, 15) is 0 Å². The number of hydrogen-bond donors (Lipinski definition) is 1. The molecular formula is C13H15NO2. The van der Waals surface area contributed by atoms with Gasteiger partial charge in [-0.25, -0.2) is 0 Å². The zero-order chi connectivity index (χ0) is 11.4. The number of hydrogen-bond acceptors (Lipinski definition) is 3. The smallest absolute Gasteiger partial charge is 0.231 e. The molecule has 0 aliphatic carbocycles. The van der Waals surface area contributed by atoms with Crippen LogP contribution in [-0.4, -0.2) is 12.8 Å². The Morgan fingerprint density at radius 1 is 1.50 bits per heavy atom. The topological polar surface area (TPSA) is 30.5 Å². The van der Waals surface area contributed by atoms with Crippen molar-refractivity contribution in [3.8, 4) is 23.8 Å². The van der Waals surface area contributed by atoms with Gasteiger partial charge in [-0.3, -0.25) is 5.32 Å². The molecule has 0 spiro atoms. The fourth-order valence-electron chi connectivity index (χ4n) is 1.68. The predicted molar refractivity (Wildman–Crippen MR) is 62.3 cm³/mol. The third-order valence-corrected chi connectivity index (χ3v) is 2.63. The van der Waals surface area contributed by atoms with E-state index in [1.54, 1.807) is 0 Å². The monoisotopic (exact) mass is 217 g/mol. The highest BCUT2D eigenvalue weighted by Gasteiger charge is 2.17. The first-order valence-corrected chi connectivity index (χ1v) is 5.42. The molecule has 3 heteroatoms. The number of benzene rings is 1. The molecule has 1 N–H and O–H groups in total. The summed E-state index contributed by atoms with van der Waals surface area (Å²) in [5, 5.41) is 3.29. The molecule has 0 saturated carbocycles. The van der Waals surface area contributed by atoms with Crippen molar-refractivity contribution >= 4 is 0 Å². The molecule has 1 heterocycles. The molecule has 0 bridgehead atoms. The average molecular weight is 217 g/mol. The van der Waals surface area contributed by atoms with E-state index >= 15 is 0 Å². The summed E-state index contributed by atoms with van der Waals surface area (Å²) in [6.07, 6.45) is 6.31. The standard InChI is InChI=1S/C13H15NO2/c1-3-11(4-2)14-8-10-6-5-7-12-13(10)16-9-15-12/h1,5-7,11,14H,4,8-9H2,2H3. The van der Waals surface area contributed by atoms with Crippen molar-refractivity contribution in [2.75, 3.05) is 6.79 Å². The average Bonchev–Trinajstić information content (AvgIpc) is 2.79. The van der Waals surface area contributed by atoms with Crippen molar-refractivity contribution in [3.05, 3.63) is 23.8 Å². The molecule has 1 aromatic rings. The van der Waals surface area contributed by atoms with Crippen LogP contribution in [0.1, 0.15) is 18.9 Å². The van der Waals surface area contributed by atoms with E-state index in [1.165, 1.54) is 0 Å². The number of nitrogens with one attached hydrogen (secondary N) is 1. The third kappa shape index (κ3) is 2.12. The highest BCUT2D eigenvalue weighted by molar-refractivity contribution is 5.48. The molecule has 3 nitrogen and oxygen atoms in total. The van der Waals surface area contributed by atoms with Crippen LogP contribution in [0.4, 0.5) is 0 Å². The third-order valence-electron chi connectivity index (χ3n) is 2.63. The van der Waals surface area contributed by atoms with Crippen LogP contribution in [0.3, 0.4) is 0 Å². The minimum absolute atomic E-state index is 0.109. The van der Waals surface area contributed by atoms with Crippen molar-refractivity contribution < 1.29 is 9.47 Å². The Labute approximate surface area is 95.8 Å². The van der Waals surface area contributed by atoms with Gasteiger partial charge in [0, 0.05) is 12.1 Å². The van der Waals surface area contributed by atoms with Crippen molar-refractivity contribution in [2.24, 2.45) is 0 Å². The fraction of sp³-hybridized carbons (Fsp3) is 0.385. The van der Waals surface area contributed by atoms with E-state index in [1.807, 2.05) is 18.2 Å². The van der Waals surface area contributed by atoms with Crippen LogP contribution in [-0.2, 0) is 6.54 Å². The summed E-state index contributed by atoms with van der Waals surface area (Å²) >= 11 is 0. The van der Waals surface area contributed by atoms with Crippen LogP contribution in [0, 0.1) is 12.3 Å². The van der Waals surface area contributed by atoms with E-state index in [4.69, 9.17) is 15.9 Å². The highest BCUT2D eigenvalue weighted by atomic mass is 16.7. The van der Waals surface area contributed by atoms with Crippen LogP contribution in [0.15, 0.2) is 18.2 Å². The maximum Gasteiger partial charge on any atom is 0.231 e. The number of rotatable bonds is 4. The van der Waals surface area contributed by atoms with Crippen LogP contribution in [0.5, 0.6) is 11.5 Å².